The zero-order valence-electron chi connectivity index (χ0n) is 20.0. The molecule has 4 aromatic rings. The maximum absolute atomic E-state index is 14.8. The third kappa shape index (κ3) is 4.35. The van der Waals surface area contributed by atoms with Gasteiger partial charge in [-0.15, -0.1) is 0 Å². The maximum atomic E-state index is 14.8. The normalized spacial score (nSPS) is 17.2. The Morgan fingerprint density at radius 2 is 1.92 bits per heavy atom. The number of halogens is 1. The van der Waals surface area contributed by atoms with Crippen molar-refractivity contribution in [1.29, 1.82) is 0 Å². The molecular formula is C28H26FN5OS. The van der Waals surface area contributed by atoms with E-state index in [9.17, 15) is 9.18 Å². The summed E-state index contributed by atoms with van der Waals surface area (Å²) in [7, 11) is 0. The van der Waals surface area contributed by atoms with Crippen molar-refractivity contribution in [2.24, 2.45) is 0 Å². The molecule has 0 radical (unpaired) electrons. The van der Waals surface area contributed by atoms with Crippen molar-refractivity contribution >= 4 is 34.6 Å². The number of benzene rings is 2. The SMILES string of the molecule is CCC(=O)Nc1ccc(N2C(=S)N[C@H](c3ccccn3)[C@H]2c2cccn2-c2ccccc2F)cc1C. The van der Waals surface area contributed by atoms with E-state index in [1.54, 1.807) is 18.3 Å². The topological polar surface area (TPSA) is 62.2 Å². The second-order valence-electron chi connectivity index (χ2n) is 8.65. The lowest BCUT2D eigenvalue weighted by Crippen LogP contribution is -2.30. The summed E-state index contributed by atoms with van der Waals surface area (Å²) in [5.74, 6) is -0.351. The van der Waals surface area contributed by atoms with Gasteiger partial charge in [-0.25, -0.2) is 4.39 Å². The van der Waals surface area contributed by atoms with Crippen LogP contribution in [0, 0.1) is 12.7 Å². The van der Waals surface area contributed by atoms with Gasteiger partial charge < -0.3 is 20.1 Å². The number of carbonyl (C=O) groups excluding carboxylic acids is 1. The van der Waals surface area contributed by atoms with Gasteiger partial charge in [0, 0.05) is 35.9 Å². The van der Waals surface area contributed by atoms with Crippen LogP contribution in [-0.4, -0.2) is 20.6 Å². The first kappa shape index (κ1) is 23.7. The molecule has 0 spiro atoms. The quantitative estimate of drug-likeness (QED) is 0.326. The summed E-state index contributed by atoms with van der Waals surface area (Å²) >= 11 is 5.84. The van der Waals surface area contributed by atoms with E-state index >= 15 is 0 Å². The number of para-hydroxylation sites is 1. The lowest BCUT2D eigenvalue weighted by atomic mass is 10.00. The van der Waals surface area contributed by atoms with Gasteiger partial charge in [-0.1, -0.05) is 25.1 Å². The monoisotopic (exact) mass is 499 g/mol. The van der Waals surface area contributed by atoms with Gasteiger partial charge in [-0.05, 0) is 79.3 Å². The van der Waals surface area contributed by atoms with Crippen LogP contribution in [0.15, 0.2) is 85.2 Å². The summed E-state index contributed by atoms with van der Waals surface area (Å²) in [6.45, 7) is 3.77. The summed E-state index contributed by atoms with van der Waals surface area (Å²) in [5, 5.41) is 6.92. The van der Waals surface area contributed by atoms with Crippen molar-refractivity contribution in [1.82, 2.24) is 14.9 Å². The van der Waals surface area contributed by atoms with Crippen LogP contribution in [0.3, 0.4) is 0 Å². The van der Waals surface area contributed by atoms with E-state index in [1.165, 1.54) is 6.07 Å². The zero-order chi connectivity index (χ0) is 25.2. The fraction of sp³-hybridized carbons (Fsp3) is 0.179. The molecule has 8 heteroatoms. The van der Waals surface area contributed by atoms with Crippen molar-refractivity contribution in [3.05, 3.63) is 108 Å². The lowest BCUT2D eigenvalue weighted by Gasteiger charge is -2.29. The molecule has 6 nitrogen and oxygen atoms in total. The third-order valence-corrected chi connectivity index (χ3v) is 6.69. The number of anilines is 2. The molecule has 0 aliphatic carbocycles. The molecule has 36 heavy (non-hydrogen) atoms. The minimum absolute atomic E-state index is 0.0417. The summed E-state index contributed by atoms with van der Waals surface area (Å²) in [6, 6.07) is 21.6. The molecule has 0 unspecified atom stereocenters. The highest BCUT2D eigenvalue weighted by Gasteiger charge is 2.42. The van der Waals surface area contributed by atoms with Crippen LogP contribution in [0.4, 0.5) is 15.8 Å². The van der Waals surface area contributed by atoms with E-state index in [2.05, 4.69) is 15.6 Å². The van der Waals surface area contributed by atoms with E-state index in [0.29, 0.717) is 17.2 Å². The number of amides is 1. The van der Waals surface area contributed by atoms with Crippen LogP contribution in [0.2, 0.25) is 0 Å². The van der Waals surface area contributed by atoms with Crippen molar-refractivity contribution < 1.29 is 9.18 Å². The van der Waals surface area contributed by atoms with Crippen molar-refractivity contribution in [2.75, 3.05) is 10.2 Å². The van der Waals surface area contributed by atoms with Crippen molar-refractivity contribution in [2.45, 2.75) is 32.4 Å². The Hall–Kier alpha value is -4.04. The number of nitrogens with one attached hydrogen (secondary N) is 2. The van der Waals surface area contributed by atoms with Gasteiger partial charge in [0.2, 0.25) is 5.91 Å². The molecule has 182 valence electrons. The highest BCUT2D eigenvalue weighted by molar-refractivity contribution is 7.80. The van der Waals surface area contributed by atoms with E-state index in [-0.39, 0.29) is 23.8 Å². The Balaban J connectivity index is 1.63. The molecular weight excluding hydrogens is 473 g/mol. The number of carbonyl (C=O) groups is 1. The molecule has 1 aliphatic rings. The number of hydrogen-bond donors (Lipinski definition) is 2. The van der Waals surface area contributed by atoms with E-state index in [1.807, 2.05) is 84.1 Å². The Morgan fingerprint density at radius 1 is 1.11 bits per heavy atom. The van der Waals surface area contributed by atoms with E-state index in [0.717, 1.165) is 28.3 Å². The fourth-order valence-electron chi connectivity index (χ4n) is 4.61. The average molecular weight is 500 g/mol. The minimum atomic E-state index is -0.309. The largest absolute Gasteiger partial charge is 0.351 e. The number of pyridine rings is 1. The Morgan fingerprint density at radius 3 is 2.64 bits per heavy atom. The number of thiocarbonyl (C=S) groups is 1. The van der Waals surface area contributed by atoms with Gasteiger partial charge in [-0.3, -0.25) is 9.78 Å². The van der Waals surface area contributed by atoms with Gasteiger partial charge in [0.15, 0.2) is 5.11 Å². The zero-order valence-corrected chi connectivity index (χ0v) is 20.8. The van der Waals surface area contributed by atoms with Gasteiger partial charge in [0.05, 0.1) is 17.4 Å². The smallest absolute Gasteiger partial charge is 0.224 e. The highest BCUT2D eigenvalue weighted by Crippen LogP contribution is 2.43. The van der Waals surface area contributed by atoms with Crippen LogP contribution < -0.4 is 15.5 Å². The van der Waals surface area contributed by atoms with Gasteiger partial charge >= 0.3 is 0 Å². The molecule has 2 N–H and O–H groups in total. The maximum Gasteiger partial charge on any atom is 0.224 e. The summed E-state index contributed by atoms with van der Waals surface area (Å²) in [4.78, 5) is 18.6. The predicted molar refractivity (Wildman–Crippen MR) is 144 cm³/mol. The Kier molecular flexibility index (Phi) is 6.52. The fourth-order valence-corrected chi connectivity index (χ4v) is 4.96. The highest BCUT2D eigenvalue weighted by atomic mass is 32.1. The second-order valence-corrected chi connectivity index (χ2v) is 9.04. The van der Waals surface area contributed by atoms with Crippen LogP contribution in [0.1, 0.15) is 42.4 Å². The molecule has 2 aromatic heterocycles. The van der Waals surface area contributed by atoms with Crippen molar-refractivity contribution in [3.63, 3.8) is 0 Å². The molecule has 1 saturated heterocycles. The van der Waals surface area contributed by atoms with Crippen molar-refractivity contribution in [3.8, 4) is 5.69 Å². The Labute approximate surface area is 214 Å². The molecule has 2 atom stereocenters. The minimum Gasteiger partial charge on any atom is -0.351 e. The molecule has 2 aromatic carbocycles. The predicted octanol–water partition coefficient (Wildman–Crippen LogP) is 5.85. The first-order valence-corrected chi connectivity index (χ1v) is 12.2. The number of nitrogens with zero attached hydrogens (tertiary/aromatic N) is 3. The van der Waals surface area contributed by atoms with Crippen LogP contribution >= 0.6 is 12.2 Å². The van der Waals surface area contributed by atoms with Gasteiger partial charge in [0.25, 0.3) is 0 Å². The lowest BCUT2D eigenvalue weighted by molar-refractivity contribution is -0.115. The van der Waals surface area contributed by atoms with Gasteiger partial charge in [0.1, 0.15) is 11.9 Å². The third-order valence-electron chi connectivity index (χ3n) is 6.38. The summed E-state index contributed by atoms with van der Waals surface area (Å²) < 4.78 is 16.7. The van der Waals surface area contributed by atoms with Crippen LogP contribution in [-0.2, 0) is 4.79 Å². The number of aromatic nitrogens is 2. The number of aryl methyl sites for hydroxylation is 1. The number of hydrogen-bond acceptors (Lipinski definition) is 3. The standard InChI is InChI=1S/C28H26FN5OS/c1-3-25(35)31-21-14-13-19(17-18(21)2)34-27(26(32-28(34)36)22-10-6-7-15-30-22)24-12-8-16-33(24)23-11-5-4-9-20(23)29/h4-17,26-27H,3H2,1-2H3,(H,31,35)(H,32,36)/t26-,27-/m1/s1. The molecule has 0 saturated carbocycles. The average Bonchev–Trinajstić information content (AvgIpc) is 3.50. The van der Waals surface area contributed by atoms with Gasteiger partial charge in [-0.2, -0.15) is 0 Å². The van der Waals surface area contributed by atoms with Crippen LogP contribution in [0.25, 0.3) is 5.69 Å². The molecule has 0 bridgehead atoms. The number of rotatable bonds is 6. The first-order chi connectivity index (χ1) is 17.5. The summed E-state index contributed by atoms with van der Waals surface area (Å²) in [5.41, 5.74) is 4.70. The molecule has 1 aliphatic heterocycles. The molecule has 3 heterocycles. The Bertz CT molecular complexity index is 1420. The van der Waals surface area contributed by atoms with Crippen LogP contribution in [0.5, 0.6) is 0 Å². The molecule has 1 fully saturated rings. The first-order valence-electron chi connectivity index (χ1n) is 11.8. The molecule has 5 rings (SSSR count). The molecule has 1 amide bonds. The summed E-state index contributed by atoms with van der Waals surface area (Å²) in [6.07, 6.45) is 4.02. The van der Waals surface area contributed by atoms with E-state index < -0.39 is 0 Å². The second kappa shape index (κ2) is 9.91. The van der Waals surface area contributed by atoms with E-state index in [4.69, 9.17) is 12.2 Å².